The van der Waals surface area contributed by atoms with E-state index in [9.17, 15) is 8.42 Å². The van der Waals surface area contributed by atoms with Crippen molar-refractivity contribution in [1.29, 1.82) is 0 Å². The van der Waals surface area contributed by atoms with Crippen LogP contribution in [0.5, 0.6) is 0 Å². The Morgan fingerprint density at radius 2 is 1.81 bits per heavy atom. The number of benzene rings is 2. The van der Waals surface area contributed by atoms with Gasteiger partial charge in [0, 0.05) is 22.1 Å². The molecule has 0 atom stereocenters. The Labute approximate surface area is 131 Å². The second-order valence-electron chi connectivity index (χ2n) is 4.43. The Morgan fingerprint density at radius 1 is 1.05 bits per heavy atom. The first kappa shape index (κ1) is 14.3. The number of halogens is 2. The maximum atomic E-state index is 12.5. The molecule has 7 heteroatoms. The van der Waals surface area contributed by atoms with E-state index in [2.05, 4.69) is 9.71 Å². The number of nitrogens with one attached hydrogen (secondary N) is 2. The maximum absolute atomic E-state index is 12.5. The molecule has 2 N–H and O–H groups in total. The Morgan fingerprint density at radius 3 is 2.57 bits per heavy atom. The maximum Gasteiger partial charge on any atom is 0.264 e. The standard InChI is InChI=1S/C14H10Cl2N2O2S/c15-9-5-6-10-13(7-9)17-8-14(10)21(19,20)18-12-4-2-1-3-11(12)16/h1-8,17-18H. The number of para-hydroxylation sites is 1. The number of fused-ring (bicyclic) bond motifs is 1. The number of aromatic nitrogens is 1. The van der Waals surface area contributed by atoms with E-state index in [1.807, 2.05) is 0 Å². The van der Waals surface area contributed by atoms with Gasteiger partial charge in [-0.1, -0.05) is 35.3 Å². The minimum atomic E-state index is -3.74. The molecule has 4 nitrogen and oxygen atoms in total. The molecule has 3 aromatic rings. The average Bonchev–Trinajstić information content (AvgIpc) is 2.85. The van der Waals surface area contributed by atoms with Gasteiger partial charge in [-0.25, -0.2) is 8.42 Å². The lowest BCUT2D eigenvalue weighted by Crippen LogP contribution is -2.12. The van der Waals surface area contributed by atoms with Crippen molar-refractivity contribution in [3.05, 3.63) is 58.7 Å². The highest BCUT2D eigenvalue weighted by atomic mass is 35.5. The zero-order valence-corrected chi connectivity index (χ0v) is 12.9. The molecule has 1 heterocycles. The lowest BCUT2D eigenvalue weighted by molar-refractivity contribution is 0.602. The van der Waals surface area contributed by atoms with E-state index in [4.69, 9.17) is 23.2 Å². The summed E-state index contributed by atoms with van der Waals surface area (Å²) in [5, 5.41) is 1.44. The van der Waals surface area contributed by atoms with Crippen LogP contribution in [0.1, 0.15) is 0 Å². The van der Waals surface area contributed by atoms with Crippen molar-refractivity contribution in [3.8, 4) is 0 Å². The van der Waals surface area contributed by atoms with Gasteiger partial charge in [-0.15, -0.1) is 0 Å². The lowest BCUT2D eigenvalue weighted by Gasteiger charge is -2.08. The van der Waals surface area contributed by atoms with Crippen LogP contribution in [-0.2, 0) is 10.0 Å². The van der Waals surface area contributed by atoms with Gasteiger partial charge in [-0.05, 0) is 30.3 Å². The summed E-state index contributed by atoms with van der Waals surface area (Å²) in [7, 11) is -3.74. The normalized spacial score (nSPS) is 11.7. The summed E-state index contributed by atoms with van der Waals surface area (Å²) >= 11 is 11.9. The molecule has 0 spiro atoms. The summed E-state index contributed by atoms with van der Waals surface area (Å²) in [4.78, 5) is 3.05. The van der Waals surface area contributed by atoms with E-state index in [0.29, 0.717) is 26.6 Å². The second-order valence-corrected chi connectivity index (χ2v) is 6.92. The number of sulfonamides is 1. The number of hydrogen-bond donors (Lipinski definition) is 2. The predicted molar refractivity (Wildman–Crippen MR) is 85.6 cm³/mol. The topological polar surface area (TPSA) is 62.0 Å². The molecule has 0 unspecified atom stereocenters. The Bertz CT molecular complexity index is 920. The highest BCUT2D eigenvalue weighted by molar-refractivity contribution is 7.93. The molecular formula is C14H10Cl2N2O2S. The summed E-state index contributed by atoms with van der Waals surface area (Å²) in [5.74, 6) is 0. The van der Waals surface area contributed by atoms with Crippen molar-refractivity contribution in [3.63, 3.8) is 0 Å². The summed E-state index contributed by atoms with van der Waals surface area (Å²) in [6.07, 6.45) is 1.43. The summed E-state index contributed by atoms with van der Waals surface area (Å²) in [5.41, 5.74) is 0.990. The summed E-state index contributed by atoms with van der Waals surface area (Å²) < 4.78 is 27.5. The number of rotatable bonds is 3. The fourth-order valence-corrected chi connectivity index (χ4v) is 3.71. The van der Waals surface area contributed by atoms with E-state index < -0.39 is 10.0 Å². The molecular weight excluding hydrogens is 331 g/mol. The highest BCUT2D eigenvalue weighted by Gasteiger charge is 2.20. The van der Waals surface area contributed by atoms with Crippen molar-refractivity contribution in [1.82, 2.24) is 4.98 Å². The van der Waals surface area contributed by atoms with Crippen molar-refractivity contribution in [2.75, 3.05) is 4.72 Å². The minimum absolute atomic E-state index is 0.147. The molecule has 2 aromatic carbocycles. The summed E-state index contributed by atoms with van der Waals surface area (Å²) in [6.45, 7) is 0. The van der Waals surface area contributed by atoms with Gasteiger partial charge in [-0.2, -0.15) is 0 Å². The fourth-order valence-electron chi connectivity index (χ4n) is 2.04. The van der Waals surface area contributed by atoms with Gasteiger partial charge in [0.2, 0.25) is 0 Å². The van der Waals surface area contributed by atoms with E-state index in [-0.39, 0.29) is 4.90 Å². The molecule has 0 bridgehead atoms. The Balaban J connectivity index is 2.07. The number of aromatic amines is 1. The van der Waals surface area contributed by atoms with E-state index in [0.717, 1.165) is 0 Å². The van der Waals surface area contributed by atoms with Crippen LogP contribution in [0.4, 0.5) is 5.69 Å². The van der Waals surface area contributed by atoms with Crippen molar-refractivity contribution in [2.45, 2.75) is 4.90 Å². The summed E-state index contributed by atoms with van der Waals surface area (Å²) in [6, 6.07) is 11.6. The van der Waals surface area contributed by atoms with E-state index in [1.165, 1.54) is 6.20 Å². The highest BCUT2D eigenvalue weighted by Crippen LogP contribution is 2.29. The van der Waals surface area contributed by atoms with Crippen LogP contribution in [0.15, 0.2) is 53.6 Å². The average molecular weight is 341 g/mol. The molecule has 0 saturated carbocycles. The number of anilines is 1. The van der Waals surface area contributed by atoms with Crippen molar-refractivity contribution < 1.29 is 8.42 Å². The molecule has 0 fully saturated rings. The van der Waals surface area contributed by atoms with Crippen LogP contribution in [0, 0.1) is 0 Å². The van der Waals surface area contributed by atoms with Crippen LogP contribution >= 0.6 is 23.2 Å². The quantitative estimate of drug-likeness (QED) is 0.747. The molecule has 0 aliphatic rings. The SMILES string of the molecule is O=S(=O)(Nc1ccccc1Cl)c1c[nH]c2cc(Cl)ccc12. The van der Waals surface area contributed by atoms with Crippen molar-refractivity contribution in [2.24, 2.45) is 0 Å². The molecule has 0 radical (unpaired) electrons. The van der Waals surface area contributed by atoms with Gasteiger partial charge in [-0.3, -0.25) is 4.72 Å². The zero-order valence-electron chi connectivity index (χ0n) is 10.6. The van der Waals surface area contributed by atoms with Gasteiger partial charge >= 0.3 is 0 Å². The first-order valence-electron chi connectivity index (χ1n) is 6.01. The largest absolute Gasteiger partial charge is 0.360 e. The Kier molecular flexibility index (Phi) is 3.57. The second kappa shape index (κ2) is 5.26. The number of hydrogen-bond acceptors (Lipinski definition) is 2. The lowest BCUT2D eigenvalue weighted by atomic mass is 10.2. The van der Waals surface area contributed by atoms with Gasteiger partial charge in [0.15, 0.2) is 0 Å². The monoisotopic (exact) mass is 340 g/mol. The Hall–Kier alpha value is -1.69. The molecule has 0 aliphatic carbocycles. The van der Waals surface area contributed by atoms with Crippen LogP contribution in [-0.4, -0.2) is 13.4 Å². The van der Waals surface area contributed by atoms with Gasteiger partial charge in [0.1, 0.15) is 4.90 Å². The third-order valence-corrected chi connectivity index (χ3v) is 4.98. The van der Waals surface area contributed by atoms with Crippen LogP contribution in [0.2, 0.25) is 10.0 Å². The predicted octanol–water partition coefficient (Wildman–Crippen LogP) is 4.28. The molecule has 3 rings (SSSR count). The third-order valence-electron chi connectivity index (χ3n) is 3.01. The smallest absolute Gasteiger partial charge is 0.264 e. The molecule has 108 valence electrons. The number of H-pyrrole nitrogens is 1. The van der Waals surface area contributed by atoms with Gasteiger partial charge < -0.3 is 4.98 Å². The zero-order chi connectivity index (χ0) is 15.0. The van der Waals surface area contributed by atoms with E-state index in [1.54, 1.807) is 42.5 Å². The molecule has 0 saturated heterocycles. The first-order chi connectivity index (χ1) is 9.97. The molecule has 1 aromatic heterocycles. The molecule has 0 aliphatic heterocycles. The van der Waals surface area contributed by atoms with Gasteiger partial charge in [0.25, 0.3) is 10.0 Å². The fraction of sp³-hybridized carbons (Fsp3) is 0. The van der Waals surface area contributed by atoms with E-state index >= 15 is 0 Å². The minimum Gasteiger partial charge on any atom is -0.360 e. The molecule has 0 amide bonds. The first-order valence-corrected chi connectivity index (χ1v) is 8.25. The van der Waals surface area contributed by atoms with Crippen LogP contribution in [0.25, 0.3) is 10.9 Å². The van der Waals surface area contributed by atoms with Crippen LogP contribution in [0.3, 0.4) is 0 Å². The van der Waals surface area contributed by atoms with Crippen LogP contribution < -0.4 is 4.72 Å². The van der Waals surface area contributed by atoms with Gasteiger partial charge in [0.05, 0.1) is 10.7 Å². The third kappa shape index (κ3) is 2.72. The molecule has 21 heavy (non-hydrogen) atoms. The van der Waals surface area contributed by atoms with Crippen molar-refractivity contribution >= 4 is 49.8 Å².